The van der Waals surface area contributed by atoms with Crippen LogP contribution < -0.4 is 5.56 Å². The first-order valence-electron chi connectivity index (χ1n) is 3.94. The maximum Gasteiger partial charge on any atom is 0.431 e. The average molecular weight is 306 g/mol. The van der Waals surface area contributed by atoms with Gasteiger partial charge in [-0.1, -0.05) is 15.9 Å². The maximum absolute atomic E-state index is 12.4. The van der Waals surface area contributed by atoms with Gasteiger partial charge in [0, 0.05) is 16.5 Å². The summed E-state index contributed by atoms with van der Waals surface area (Å²) in [7, 11) is 0. The average Bonchev–Trinajstić information content (AvgIpc) is 2.15. The van der Waals surface area contributed by atoms with E-state index in [1.165, 1.54) is 4.98 Å². The van der Waals surface area contributed by atoms with E-state index in [9.17, 15) is 26.7 Å². The molecule has 0 aliphatic carbocycles. The molecule has 1 rings (SSSR count). The van der Waals surface area contributed by atoms with Crippen LogP contribution >= 0.6 is 15.9 Å². The monoisotopic (exact) mass is 305 g/mol. The van der Waals surface area contributed by atoms with E-state index < -0.39 is 29.4 Å². The second-order valence-corrected chi connectivity index (χ2v) is 3.45. The molecule has 0 aliphatic rings. The van der Waals surface area contributed by atoms with Crippen LogP contribution in [0.4, 0.5) is 22.0 Å². The van der Waals surface area contributed by atoms with Gasteiger partial charge in [-0.3, -0.25) is 4.79 Å². The summed E-state index contributed by atoms with van der Waals surface area (Å²) in [5.74, 6) is 0. The van der Waals surface area contributed by atoms with Gasteiger partial charge in [-0.25, -0.2) is 8.78 Å². The fourth-order valence-corrected chi connectivity index (χ4v) is 1.51. The molecular weight excluding hydrogens is 301 g/mol. The fourth-order valence-electron chi connectivity index (χ4n) is 1.10. The third-order valence-corrected chi connectivity index (χ3v) is 2.42. The molecule has 2 nitrogen and oxygen atoms in total. The normalized spacial score (nSPS) is 12.2. The molecule has 0 atom stereocenters. The van der Waals surface area contributed by atoms with Crippen molar-refractivity contribution in [3.8, 4) is 0 Å². The number of aromatic amines is 1. The molecular formula is C8H5BrF5NO. The topological polar surface area (TPSA) is 32.9 Å². The van der Waals surface area contributed by atoms with Gasteiger partial charge < -0.3 is 4.98 Å². The Balaban J connectivity index is 3.49. The van der Waals surface area contributed by atoms with Gasteiger partial charge >= 0.3 is 6.18 Å². The molecule has 0 spiro atoms. The minimum atomic E-state index is -5.00. The number of rotatable bonds is 2. The van der Waals surface area contributed by atoms with Crippen LogP contribution in [0.25, 0.3) is 0 Å². The number of aromatic nitrogens is 1. The molecule has 0 aliphatic heterocycles. The van der Waals surface area contributed by atoms with Crippen LogP contribution in [0.3, 0.4) is 0 Å². The maximum atomic E-state index is 12.4. The summed E-state index contributed by atoms with van der Waals surface area (Å²) in [5, 5.41) is -0.0970. The fraction of sp³-hybridized carbons (Fsp3) is 0.375. The zero-order chi connectivity index (χ0) is 12.5. The molecule has 1 heterocycles. The third-order valence-electron chi connectivity index (χ3n) is 1.81. The number of H-pyrrole nitrogens is 1. The smallest absolute Gasteiger partial charge is 0.318 e. The molecule has 8 heteroatoms. The van der Waals surface area contributed by atoms with Gasteiger partial charge in [-0.2, -0.15) is 13.2 Å². The van der Waals surface area contributed by atoms with Crippen LogP contribution in [0.1, 0.15) is 23.2 Å². The molecule has 0 saturated carbocycles. The summed E-state index contributed by atoms with van der Waals surface area (Å²) < 4.78 is 61.7. The molecule has 1 aromatic rings. The predicted molar refractivity (Wildman–Crippen MR) is 49.7 cm³/mol. The molecule has 0 unspecified atom stereocenters. The highest BCUT2D eigenvalue weighted by Gasteiger charge is 2.37. The second-order valence-electron chi connectivity index (χ2n) is 2.89. The molecule has 0 aromatic carbocycles. The summed E-state index contributed by atoms with van der Waals surface area (Å²) in [6, 6.07) is 0.557. The Kier molecular flexibility index (Phi) is 3.72. The van der Waals surface area contributed by atoms with Crippen LogP contribution in [0.5, 0.6) is 0 Å². The van der Waals surface area contributed by atoms with Gasteiger partial charge in [-0.05, 0) is 6.07 Å². The number of halogens is 6. The van der Waals surface area contributed by atoms with Crippen molar-refractivity contribution in [3.63, 3.8) is 0 Å². The number of hydrogen-bond donors (Lipinski definition) is 1. The minimum absolute atomic E-state index is 0.0970. The highest BCUT2D eigenvalue weighted by Crippen LogP contribution is 2.34. The minimum Gasteiger partial charge on any atom is -0.318 e. The number of nitrogens with one attached hydrogen (secondary N) is 1. The van der Waals surface area contributed by atoms with E-state index in [4.69, 9.17) is 0 Å². The number of pyridine rings is 1. The lowest BCUT2D eigenvalue weighted by atomic mass is 10.1. The Labute approximate surface area is 94.6 Å². The zero-order valence-electron chi connectivity index (χ0n) is 7.54. The Morgan fingerprint density at radius 3 is 2.31 bits per heavy atom. The predicted octanol–water partition coefficient (Wildman–Crippen LogP) is 3.23. The van der Waals surface area contributed by atoms with Crippen LogP contribution in [0.15, 0.2) is 10.9 Å². The molecule has 0 amide bonds. The van der Waals surface area contributed by atoms with Crippen LogP contribution in [0.2, 0.25) is 0 Å². The quantitative estimate of drug-likeness (QED) is 0.660. The molecule has 0 fully saturated rings. The Morgan fingerprint density at radius 1 is 1.38 bits per heavy atom. The van der Waals surface area contributed by atoms with Crippen molar-refractivity contribution in [3.05, 3.63) is 33.2 Å². The standard InChI is InChI=1S/C8H5BrF5NO/c9-2-3-1-4(6(10)11)5(8(12,13)14)15-7(3)16/h1,6H,2H2,(H,15,16). The van der Waals surface area contributed by atoms with E-state index in [1.54, 1.807) is 0 Å². The number of hydrogen-bond acceptors (Lipinski definition) is 1. The van der Waals surface area contributed by atoms with Crippen molar-refractivity contribution in [2.24, 2.45) is 0 Å². The first-order valence-corrected chi connectivity index (χ1v) is 5.07. The van der Waals surface area contributed by atoms with Crippen LogP contribution in [-0.4, -0.2) is 4.98 Å². The molecule has 1 aromatic heterocycles. The second kappa shape index (κ2) is 4.52. The molecule has 1 N–H and O–H groups in total. The Hall–Kier alpha value is -0.920. The van der Waals surface area contributed by atoms with Crippen LogP contribution in [-0.2, 0) is 11.5 Å². The van der Waals surface area contributed by atoms with Gasteiger partial charge in [0.25, 0.3) is 12.0 Å². The van der Waals surface area contributed by atoms with E-state index in [1.807, 2.05) is 0 Å². The van der Waals surface area contributed by atoms with Crippen molar-refractivity contribution >= 4 is 15.9 Å². The van der Waals surface area contributed by atoms with Gasteiger partial charge in [0.2, 0.25) is 0 Å². The summed E-state index contributed by atoms with van der Waals surface area (Å²) in [4.78, 5) is 12.5. The molecule has 16 heavy (non-hydrogen) atoms. The van der Waals surface area contributed by atoms with Gasteiger partial charge in [0.15, 0.2) is 0 Å². The third kappa shape index (κ3) is 2.60. The van der Waals surface area contributed by atoms with Crippen molar-refractivity contribution in [2.75, 3.05) is 0 Å². The SMILES string of the molecule is O=c1[nH]c(C(F)(F)F)c(C(F)F)cc1CBr. The summed E-state index contributed by atoms with van der Waals surface area (Å²) in [6.07, 6.45) is -8.30. The first-order chi connectivity index (χ1) is 7.27. The molecule has 0 saturated heterocycles. The highest BCUT2D eigenvalue weighted by molar-refractivity contribution is 9.08. The van der Waals surface area contributed by atoms with E-state index >= 15 is 0 Å². The largest absolute Gasteiger partial charge is 0.431 e. The van der Waals surface area contributed by atoms with Crippen molar-refractivity contribution in [1.29, 1.82) is 0 Å². The van der Waals surface area contributed by atoms with Gasteiger partial charge in [0.1, 0.15) is 5.69 Å². The zero-order valence-corrected chi connectivity index (χ0v) is 9.12. The van der Waals surface area contributed by atoms with Gasteiger partial charge in [-0.15, -0.1) is 0 Å². The van der Waals surface area contributed by atoms with E-state index in [0.717, 1.165) is 0 Å². The van der Waals surface area contributed by atoms with Gasteiger partial charge in [0.05, 0.1) is 0 Å². The summed E-state index contributed by atoms with van der Waals surface area (Å²) in [5.41, 5.74) is -4.13. The van der Waals surface area contributed by atoms with Crippen molar-refractivity contribution < 1.29 is 22.0 Å². The van der Waals surface area contributed by atoms with Crippen molar-refractivity contribution in [1.82, 2.24) is 4.98 Å². The van der Waals surface area contributed by atoms with E-state index in [0.29, 0.717) is 6.07 Å². The summed E-state index contributed by atoms with van der Waals surface area (Å²) >= 11 is 2.82. The Morgan fingerprint density at radius 2 is 1.94 bits per heavy atom. The van der Waals surface area contributed by atoms with E-state index in [-0.39, 0.29) is 10.9 Å². The Bertz CT molecular complexity index is 439. The summed E-state index contributed by atoms with van der Waals surface area (Å²) in [6.45, 7) is 0. The lowest BCUT2D eigenvalue weighted by Gasteiger charge is -2.12. The molecule has 90 valence electrons. The van der Waals surface area contributed by atoms with Crippen molar-refractivity contribution in [2.45, 2.75) is 17.9 Å². The number of alkyl halides is 6. The first kappa shape index (κ1) is 13.1. The lowest BCUT2D eigenvalue weighted by Crippen LogP contribution is -2.22. The molecule has 0 radical (unpaired) electrons. The highest BCUT2D eigenvalue weighted by atomic mass is 79.9. The molecule has 0 bridgehead atoms. The van der Waals surface area contributed by atoms with E-state index in [2.05, 4.69) is 15.9 Å². The van der Waals surface area contributed by atoms with Crippen LogP contribution in [0, 0.1) is 0 Å². The lowest BCUT2D eigenvalue weighted by molar-refractivity contribution is -0.143.